The van der Waals surface area contributed by atoms with E-state index in [9.17, 15) is 48.4 Å². The van der Waals surface area contributed by atoms with Crippen molar-refractivity contribution in [1.82, 2.24) is 58.1 Å². The molecule has 12 rings (SSSR count). The Morgan fingerprint density at radius 1 is 0.600 bits per heavy atom. The summed E-state index contributed by atoms with van der Waals surface area (Å²) in [4.78, 5) is 124. The van der Waals surface area contributed by atoms with Crippen molar-refractivity contribution >= 4 is 97.8 Å². The summed E-state index contributed by atoms with van der Waals surface area (Å²) in [5.74, 6) is 0.0660. The molecule has 3 aliphatic rings. The third kappa shape index (κ3) is 16.5. The van der Waals surface area contributed by atoms with Crippen LogP contribution >= 0.6 is 15.9 Å². The Morgan fingerprint density at radius 3 is 1.48 bits per heavy atom. The van der Waals surface area contributed by atoms with Crippen molar-refractivity contribution in [3.05, 3.63) is 202 Å². The van der Waals surface area contributed by atoms with Crippen LogP contribution in [0, 0.1) is 5.82 Å². The third-order valence-electron chi connectivity index (χ3n) is 16.8. The van der Waals surface area contributed by atoms with E-state index in [1.807, 2.05) is 41.5 Å². The first-order valence-corrected chi connectivity index (χ1v) is 32.6. The fourth-order valence-electron chi connectivity index (χ4n) is 11.3. The second-order valence-electron chi connectivity index (χ2n) is 25.2. The van der Waals surface area contributed by atoms with Crippen molar-refractivity contribution in [1.29, 1.82) is 0 Å². The van der Waals surface area contributed by atoms with Crippen molar-refractivity contribution in [3.8, 4) is 16.9 Å². The summed E-state index contributed by atoms with van der Waals surface area (Å²) in [7, 11) is 3.05. The summed E-state index contributed by atoms with van der Waals surface area (Å²) in [6, 6.07) is 19.1. The van der Waals surface area contributed by atoms with E-state index in [0.717, 1.165) is 9.15 Å². The SMILES string of the molecule is C[C@H]1COCCN1C(=O)c1ccc(Nc2cc(-c3ccnc(-n4ncc5cc(C(C)(C)C)cc(F)c5c4=O)c3C=O)cn(C)c2=O)nc1.C[C@H]1COCCN1C(=O)c1ccc(Nc2cc(B(O)O)cn(C)c2=O)nc1.C[C@H]1COCCN1C(=O)c1ccc(Nc2cc(Br)cn(C)c2=O)nc1. The molecule has 0 aliphatic carbocycles. The quantitative estimate of drug-likeness (QED) is 0.0692. The number of nitrogens with one attached hydrogen (secondary N) is 3. The van der Waals surface area contributed by atoms with Crippen molar-refractivity contribution in [2.45, 2.75) is 65.1 Å². The van der Waals surface area contributed by atoms with Crippen LogP contribution in [0.4, 0.5) is 38.9 Å². The number of aromatic nitrogens is 9. The lowest BCUT2D eigenvalue weighted by atomic mass is 9.81. The van der Waals surface area contributed by atoms with Gasteiger partial charge in [-0.3, -0.25) is 38.4 Å². The molecule has 0 radical (unpaired) electrons. The number of hydrogen-bond acceptors (Lipinski definition) is 21. The second-order valence-corrected chi connectivity index (χ2v) is 26.1. The van der Waals surface area contributed by atoms with Crippen LogP contribution < -0.4 is 43.7 Å². The van der Waals surface area contributed by atoms with Crippen molar-refractivity contribution < 1.29 is 47.8 Å². The first-order valence-electron chi connectivity index (χ1n) is 31.9. The van der Waals surface area contributed by atoms with Gasteiger partial charge in [-0.1, -0.05) is 20.8 Å². The number of rotatable bonds is 13. The van der Waals surface area contributed by atoms with E-state index in [1.165, 1.54) is 70.1 Å². The van der Waals surface area contributed by atoms with Crippen LogP contribution in [0.15, 0.2) is 146 Å². The van der Waals surface area contributed by atoms with E-state index in [1.54, 1.807) is 102 Å². The average Bonchev–Trinajstić information content (AvgIpc) is 0.757. The Morgan fingerprint density at radius 2 is 1.05 bits per heavy atom. The number of halogens is 2. The highest BCUT2D eigenvalue weighted by Crippen LogP contribution is 2.30. The Bertz CT molecular complexity index is 4800. The van der Waals surface area contributed by atoms with Crippen LogP contribution in [0.1, 0.15) is 88.5 Å². The summed E-state index contributed by atoms with van der Waals surface area (Å²) < 4.78 is 37.2. The first kappa shape index (κ1) is 72.3. The van der Waals surface area contributed by atoms with Gasteiger partial charge in [0.25, 0.3) is 40.0 Å². The second kappa shape index (κ2) is 31.2. The molecule has 3 saturated heterocycles. The molecule has 0 unspecified atom stereocenters. The zero-order valence-electron chi connectivity index (χ0n) is 56.3. The van der Waals surface area contributed by atoms with E-state index >= 15 is 4.39 Å². The third-order valence-corrected chi connectivity index (χ3v) is 17.3. The molecule has 8 aromatic heterocycles. The van der Waals surface area contributed by atoms with Crippen molar-refractivity contribution in [2.75, 3.05) is 75.2 Å². The number of carbonyl (C=O) groups excluding carboxylic acids is 4. The summed E-state index contributed by atoms with van der Waals surface area (Å²) in [5.41, 5.74) is 1.79. The van der Waals surface area contributed by atoms with Crippen LogP contribution in [0.2, 0.25) is 0 Å². The van der Waals surface area contributed by atoms with Crippen LogP contribution in [-0.2, 0) is 40.8 Å². The summed E-state index contributed by atoms with van der Waals surface area (Å²) in [6.07, 6.45) is 12.3. The monoisotopic (exact) mass is 1430 g/mol. The molecule has 100 heavy (non-hydrogen) atoms. The van der Waals surface area contributed by atoms with Gasteiger partial charge in [0.2, 0.25) is 0 Å². The van der Waals surface area contributed by atoms with Gasteiger partial charge in [0, 0.05) is 105 Å². The van der Waals surface area contributed by atoms with Gasteiger partial charge in [-0.25, -0.2) is 24.3 Å². The minimum atomic E-state index is -1.69. The number of ether oxygens (including phenoxy) is 3. The Kier molecular flexibility index (Phi) is 22.6. The lowest BCUT2D eigenvalue weighted by Gasteiger charge is -2.33. The first-order chi connectivity index (χ1) is 47.7. The molecule has 31 heteroatoms. The Balaban J connectivity index is 0.000000176. The highest BCUT2D eigenvalue weighted by Gasteiger charge is 2.29. The van der Waals surface area contributed by atoms with E-state index in [2.05, 4.69) is 56.9 Å². The molecule has 3 amide bonds. The number of carbonyl (C=O) groups is 4. The smallest absolute Gasteiger partial charge is 0.423 e. The molecule has 11 heterocycles. The molecule has 3 fully saturated rings. The van der Waals surface area contributed by atoms with Gasteiger partial charge in [0.05, 0.1) is 91.6 Å². The number of morpholine rings is 3. The minimum absolute atomic E-state index is 0.000257. The van der Waals surface area contributed by atoms with Crippen molar-refractivity contribution in [2.24, 2.45) is 21.1 Å². The van der Waals surface area contributed by atoms with Gasteiger partial charge < -0.3 is 68.6 Å². The number of aldehydes is 1. The van der Waals surface area contributed by atoms with Gasteiger partial charge in [-0.2, -0.15) is 9.78 Å². The number of nitrogens with zero attached hydrogens (tertiary/aromatic N) is 12. The molecule has 520 valence electrons. The molecule has 5 N–H and O–H groups in total. The van der Waals surface area contributed by atoms with Crippen LogP contribution in [0.5, 0.6) is 0 Å². The zero-order valence-corrected chi connectivity index (χ0v) is 57.9. The number of hydrogen-bond donors (Lipinski definition) is 5. The molecule has 1 aromatic carbocycles. The maximum absolute atomic E-state index is 15.3. The van der Waals surface area contributed by atoms with Gasteiger partial charge in [0.15, 0.2) is 12.1 Å². The van der Waals surface area contributed by atoms with Gasteiger partial charge in [-0.15, -0.1) is 0 Å². The lowest BCUT2D eigenvalue weighted by Crippen LogP contribution is -2.47. The van der Waals surface area contributed by atoms with E-state index in [0.29, 0.717) is 127 Å². The van der Waals surface area contributed by atoms with E-state index < -0.39 is 18.5 Å². The van der Waals surface area contributed by atoms with Gasteiger partial charge in [0.1, 0.15) is 40.3 Å². The number of anilines is 6. The fraction of sp³-hybridized carbons (Fsp3) is 0.319. The maximum atomic E-state index is 15.3. The van der Waals surface area contributed by atoms with Crippen LogP contribution in [0.3, 0.4) is 0 Å². The summed E-state index contributed by atoms with van der Waals surface area (Å²) in [5, 5.41) is 31.9. The minimum Gasteiger partial charge on any atom is -0.423 e. The molecule has 0 saturated carbocycles. The van der Waals surface area contributed by atoms with Crippen LogP contribution in [-0.4, -0.2) is 177 Å². The number of benzene rings is 1. The molecular weight excluding hydrogens is 1360 g/mol. The Labute approximate surface area is 581 Å². The maximum Gasteiger partial charge on any atom is 0.490 e. The summed E-state index contributed by atoms with van der Waals surface area (Å²) in [6.45, 7) is 16.3. The molecule has 3 aliphatic heterocycles. The zero-order chi connectivity index (χ0) is 71.9. The Hall–Kier alpha value is -10.4. The van der Waals surface area contributed by atoms with E-state index in [-0.39, 0.29) is 91.5 Å². The number of amides is 3. The van der Waals surface area contributed by atoms with Gasteiger partial charge >= 0.3 is 7.12 Å². The van der Waals surface area contributed by atoms with Crippen LogP contribution in [0.25, 0.3) is 27.7 Å². The molecule has 28 nitrogen and oxygen atoms in total. The molecular formula is C69H74BBrFN15O13. The normalized spacial score (nSPS) is 16.1. The molecule has 0 bridgehead atoms. The number of aryl methyl sites for hydroxylation is 3. The molecule has 9 aromatic rings. The molecule has 0 spiro atoms. The predicted molar refractivity (Wildman–Crippen MR) is 377 cm³/mol. The average molecular weight is 1430 g/mol. The lowest BCUT2D eigenvalue weighted by molar-refractivity contribution is 0.00343. The topological polar surface area (TPSA) is 335 Å². The highest BCUT2D eigenvalue weighted by molar-refractivity contribution is 9.10. The standard InChI is InChI=1S/C35H34FN7O5.C17H21BN4O5.C17H19BrN4O3/c1-20-19-48-11-10-42(20)32(45)21-6-7-29(38-15-21)40-28-13-23(17-41(5)33(28)46)25-8-9-37-31(26(25)18-44)43-34(47)30-22(16-39-43)12-24(14-27(30)36)35(2,3)4;1-11-10-27-6-5-22(11)16(23)12-3-4-15(19-8-12)20-14-7-13(18(25)26)9-21(2)17(14)24;1-11-10-25-6-5-22(11)16(23)12-3-4-15(19-8-12)20-14-7-13(18)9-21(2)17(14)24/h6-9,12-18,20H,10-11,19H2,1-5H3,(H,38,40);3-4,7-9,11,25-26H,5-6,10H2,1-2H3,(H,19,20);3-4,7-9,11H,5-6,10H2,1-2H3,(H,19,20)/t20-;2*11-/m000/s1. The van der Waals surface area contributed by atoms with Crippen molar-refractivity contribution in [3.63, 3.8) is 0 Å². The van der Waals surface area contributed by atoms with E-state index in [4.69, 9.17) is 14.2 Å². The highest BCUT2D eigenvalue weighted by atomic mass is 79.9. The predicted octanol–water partition coefficient (Wildman–Crippen LogP) is 5.61. The molecule has 3 atom stereocenters. The summed E-state index contributed by atoms with van der Waals surface area (Å²) >= 11 is 3.36. The fourth-order valence-corrected chi connectivity index (χ4v) is 11.8. The van der Waals surface area contributed by atoms with Gasteiger partial charge in [-0.05, 0) is 126 Å². The largest absolute Gasteiger partial charge is 0.490 e. The number of pyridine rings is 7. The number of fused-ring (bicyclic) bond motifs is 1.